The number of rotatable bonds is 6. The van der Waals surface area contributed by atoms with Crippen molar-refractivity contribution >= 4 is 5.82 Å². The number of aromatic nitrogens is 2. The molecule has 1 aliphatic carbocycles. The molecule has 0 aliphatic heterocycles. The van der Waals surface area contributed by atoms with Crippen LogP contribution in [0.4, 0.5) is 5.82 Å². The molecule has 1 N–H and O–H groups in total. The number of nitrogens with zero attached hydrogens (tertiary/aromatic N) is 3. The number of hydrogen-bond acceptors (Lipinski definition) is 4. The van der Waals surface area contributed by atoms with E-state index in [1.54, 1.807) is 0 Å². The molecule has 118 valence electrons. The highest BCUT2D eigenvalue weighted by atomic mass is 15.3. The Morgan fingerprint density at radius 1 is 1.19 bits per heavy atom. The Morgan fingerprint density at radius 2 is 1.90 bits per heavy atom. The van der Waals surface area contributed by atoms with Gasteiger partial charge in [0.25, 0.3) is 0 Å². The number of anilines is 1. The Balaban J connectivity index is 1.89. The van der Waals surface area contributed by atoms with Crippen LogP contribution < -0.4 is 10.2 Å². The molecule has 21 heavy (non-hydrogen) atoms. The monoisotopic (exact) mass is 290 g/mol. The van der Waals surface area contributed by atoms with E-state index in [9.17, 15) is 0 Å². The lowest BCUT2D eigenvalue weighted by molar-refractivity contribution is 0.312. The first-order valence-corrected chi connectivity index (χ1v) is 8.39. The summed E-state index contributed by atoms with van der Waals surface area (Å²) in [5.41, 5.74) is 1.01. The van der Waals surface area contributed by atoms with Crippen LogP contribution in [0.3, 0.4) is 0 Å². The van der Waals surface area contributed by atoms with E-state index in [1.165, 1.54) is 32.1 Å². The number of nitrogens with one attached hydrogen (secondary N) is 1. The van der Waals surface area contributed by atoms with Gasteiger partial charge in [0.05, 0.1) is 5.69 Å². The van der Waals surface area contributed by atoms with Crippen LogP contribution in [0.2, 0.25) is 0 Å². The Kier molecular flexibility index (Phi) is 5.97. The summed E-state index contributed by atoms with van der Waals surface area (Å²) in [6.45, 7) is 7.38. The van der Waals surface area contributed by atoms with Crippen molar-refractivity contribution in [3.05, 3.63) is 17.8 Å². The van der Waals surface area contributed by atoms with E-state index in [-0.39, 0.29) is 0 Å². The van der Waals surface area contributed by atoms with Gasteiger partial charge in [0.2, 0.25) is 0 Å². The quantitative estimate of drug-likeness (QED) is 0.872. The van der Waals surface area contributed by atoms with Gasteiger partial charge in [-0.1, -0.05) is 27.2 Å². The normalized spacial score (nSPS) is 22.5. The molecule has 0 aromatic carbocycles. The van der Waals surface area contributed by atoms with Crippen molar-refractivity contribution in [2.45, 2.75) is 71.5 Å². The van der Waals surface area contributed by atoms with Gasteiger partial charge in [-0.15, -0.1) is 5.10 Å². The average Bonchev–Trinajstić information content (AvgIpc) is 2.53. The summed E-state index contributed by atoms with van der Waals surface area (Å²) in [6.07, 6.45) is 6.61. The van der Waals surface area contributed by atoms with E-state index in [2.05, 4.69) is 60.4 Å². The van der Waals surface area contributed by atoms with E-state index in [1.807, 2.05) is 0 Å². The van der Waals surface area contributed by atoms with Crippen molar-refractivity contribution in [3.8, 4) is 0 Å². The summed E-state index contributed by atoms with van der Waals surface area (Å²) in [4.78, 5) is 2.32. The molecule has 2 rings (SSSR count). The van der Waals surface area contributed by atoms with Gasteiger partial charge in [-0.2, -0.15) is 5.10 Å². The van der Waals surface area contributed by atoms with Crippen LogP contribution in [0, 0.1) is 5.92 Å². The molecule has 1 heterocycles. The van der Waals surface area contributed by atoms with Crippen LogP contribution in [0.5, 0.6) is 0 Å². The maximum Gasteiger partial charge on any atom is 0.151 e. The first-order chi connectivity index (χ1) is 10.1. The third-order valence-electron chi connectivity index (χ3n) is 4.70. The summed E-state index contributed by atoms with van der Waals surface area (Å²) < 4.78 is 0. The second-order valence-corrected chi connectivity index (χ2v) is 6.61. The highest BCUT2D eigenvalue weighted by Gasteiger charge is 2.23. The second kappa shape index (κ2) is 7.74. The maximum atomic E-state index is 4.41. The van der Waals surface area contributed by atoms with Gasteiger partial charge < -0.3 is 10.2 Å². The zero-order valence-corrected chi connectivity index (χ0v) is 14.0. The highest BCUT2D eigenvalue weighted by molar-refractivity contribution is 5.37. The van der Waals surface area contributed by atoms with Gasteiger partial charge in [-0.05, 0) is 43.7 Å². The Hall–Kier alpha value is -1.16. The third-order valence-corrected chi connectivity index (χ3v) is 4.70. The maximum absolute atomic E-state index is 4.41. The van der Waals surface area contributed by atoms with Crippen LogP contribution in [-0.2, 0) is 6.54 Å². The molecule has 0 unspecified atom stereocenters. The third kappa shape index (κ3) is 4.67. The largest absolute Gasteiger partial charge is 0.355 e. The lowest BCUT2D eigenvalue weighted by atomic mass is 9.84. The van der Waals surface area contributed by atoms with Gasteiger partial charge in [-0.25, -0.2) is 0 Å². The standard InChI is InChI=1S/C17H30N4/c1-5-14-6-9-16(10-7-14)21(4)17-11-8-15(19-20-17)12-18-13(2)3/h8,11,13-14,16,18H,5-7,9-10,12H2,1-4H3. The molecular weight excluding hydrogens is 260 g/mol. The van der Waals surface area contributed by atoms with E-state index < -0.39 is 0 Å². The van der Waals surface area contributed by atoms with E-state index >= 15 is 0 Å². The molecule has 1 fully saturated rings. The molecule has 1 aromatic heterocycles. The van der Waals surface area contributed by atoms with Gasteiger partial charge in [-0.3, -0.25) is 0 Å². The first kappa shape index (κ1) is 16.2. The molecule has 1 aliphatic rings. The van der Waals surface area contributed by atoms with Crippen molar-refractivity contribution in [2.24, 2.45) is 5.92 Å². The summed E-state index contributed by atoms with van der Waals surface area (Å²) in [5.74, 6) is 1.94. The number of hydrogen-bond donors (Lipinski definition) is 1. The van der Waals surface area contributed by atoms with Crippen LogP contribution in [0.15, 0.2) is 12.1 Å². The zero-order valence-electron chi connectivity index (χ0n) is 14.0. The minimum absolute atomic E-state index is 0.475. The Labute approximate surface area is 129 Å². The molecule has 4 nitrogen and oxygen atoms in total. The summed E-state index contributed by atoms with van der Waals surface area (Å²) in [5, 5.41) is 12.1. The molecule has 4 heteroatoms. The molecule has 1 aromatic rings. The average molecular weight is 290 g/mol. The molecule has 0 amide bonds. The lowest BCUT2D eigenvalue weighted by Gasteiger charge is -2.34. The second-order valence-electron chi connectivity index (χ2n) is 6.61. The van der Waals surface area contributed by atoms with Crippen molar-refractivity contribution in [1.29, 1.82) is 0 Å². The zero-order chi connectivity index (χ0) is 15.2. The van der Waals surface area contributed by atoms with Gasteiger partial charge in [0.15, 0.2) is 5.82 Å². The fourth-order valence-corrected chi connectivity index (χ4v) is 3.07. The van der Waals surface area contributed by atoms with Crippen molar-refractivity contribution < 1.29 is 0 Å². The van der Waals surface area contributed by atoms with Gasteiger partial charge >= 0.3 is 0 Å². The summed E-state index contributed by atoms with van der Waals surface area (Å²) >= 11 is 0. The predicted molar refractivity (Wildman–Crippen MR) is 88.4 cm³/mol. The molecule has 1 saturated carbocycles. The van der Waals surface area contributed by atoms with Crippen LogP contribution >= 0.6 is 0 Å². The smallest absolute Gasteiger partial charge is 0.151 e. The highest BCUT2D eigenvalue weighted by Crippen LogP contribution is 2.30. The van der Waals surface area contributed by atoms with Crippen molar-refractivity contribution in [1.82, 2.24) is 15.5 Å². The Morgan fingerprint density at radius 3 is 2.43 bits per heavy atom. The Bertz CT molecular complexity index is 407. The van der Waals surface area contributed by atoms with Crippen molar-refractivity contribution in [3.63, 3.8) is 0 Å². The molecule has 0 bridgehead atoms. The van der Waals surface area contributed by atoms with Crippen LogP contribution in [0.25, 0.3) is 0 Å². The molecular formula is C17H30N4. The van der Waals surface area contributed by atoms with E-state index in [0.29, 0.717) is 12.1 Å². The molecule has 0 radical (unpaired) electrons. The molecule has 0 atom stereocenters. The van der Waals surface area contributed by atoms with E-state index in [4.69, 9.17) is 0 Å². The topological polar surface area (TPSA) is 41.0 Å². The van der Waals surface area contributed by atoms with Gasteiger partial charge in [0, 0.05) is 25.7 Å². The van der Waals surface area contributed by atoms with Crippen molar-refractivity contribution in [2.75, 3.05) is 11.9 Å². The fraction of sp³-hybridized carbons (Fsp3) is 0.765. The summed E-state index contributed by atoms with van der Waals surface area (Å²) in [7, 11) is 2.16. The SMILES string of the molecule is CCC1CCC(N(C)c2ccc(CNC(C)C)nn2)CC1. The van der Waals surface area contributed by atoms with Crippen LogP contribution in [-0.4, -0.2) is 29.3 Å². The van der Waals surface area contributed by atoms with Gasteiger partial charge in [0.1, 0.15) is 0 Å². The predicted octanol–water partition coefficient (Wildman–Crippen LogP) is 3.38. The molecule has 0 spiro atoms. The summed E-state index contributed by atoms with van der Waals surface area (Å²) in [6, 6.07) is 5.30. The fourth-order valence-electron chi connectivity index (χ4n) is 3.07. The minimum Gasteiger partial charge on any atom is -0.355 e. The van der Waals surface area contributed by atoms with Crippen LogP contribution in [0.1, 0.15) is 58.6 Å². The van der Waals surface area contributed by atoms with E-state index in [0.717, 1.165) is 24.0 Å². The lowest BCUT2D eigenvalue weighted by Crippen LogP contribution is -2.35. The minimum atomic E-state index is 0.475. The molecule has 0 saturated heterocycles. The first-order valence-electron chi connectivity index (χ1n) is 8.39.